The number of carbonyl (C=O) groups excluding carboxylic acids is 2. The molecule has 7 heteroatoms. The number of nitrogens with zero attached hydrogens (tertiary/aromatic N) is 1. The van der Waals surface area contributed by atoms with E-state index in [1.54, 1.807) is 0 Å². The highest BCUT2D eigenvalue weighted by atomic mass is 35.5. The zero-order chi connectivity index (χ0) is 15.9. The second-order valence-electron chi connectivity index (χ2n) is 5.41. The van der Waals surface area contributed by atoms with E-state index in [0.717, 1.165) is 23.4 Å². The molecule has 126 valence electrons. The van der Waals surface area contributed by atoms with Crippen molar-refractivity contribution in [3.05, 3.63) is 29.8 Å². The summed E-state index contributed by atoms with van der Waals surface area (Å²) in [5.74, 6) is -0.114. The molecule has 0 saturated carbocycles. The Balaban J connectivity index is 0.00000264. The summed E-state index contributed by atoms with van der Waals surface area (Å²) in [5, 5.41) is 10.0. The molecule has 1 atom stereocenters. The Morgan fingerprint density at radius 1 is 1.30 bits per heavy atom. The number of rotatable bonds is 6. The molecule has 0 radical (unpaired) electrons. The molecular weight excluding hydrogens is 316 g/mol. The van der Waals surface area contributed by atoms with Gasteiger partial charge in [-0.1, -0.05) is 19.1 Å². The fourth-order valence-electron chi connectivity index (χ4n) is 2.04. The fourth-order valence-corrected chi connectivity index (χ4v) is 2.04. The third-order valence-corrected chi connectivity index (χ3v) is 3.63. The molecule has 1 aromatic rings. The molecular formula is C16H23ClN4O2. The van der Waals surface area contributed by atoms with Gasteiger partial charge in [0.1, 0.15) is 0 Å². The number of carbonyl (C=O) groups is 2. The topological polar surface area (TPSA) is 82.6 Å². The highest BCUT2D eigenvalue weighted by Crippen LogP contribution is 2.14. The summed E-state index contributed by atoms with van der Waals surface area (Å²) < 4.78 is 0. The molecule has 1 unspecified atom stereocenters. The van der Waals surface area contributed by atoms with Crippen LogP contribution in [0.5, 0.6) is 0 Å². The van der Waals surface area contributed by atoms with Gasteiger partial charge in [0.15, 0.2) is 0 Å². The van der Waals surface area contributed by atoms with Crippen LogP contribution < -0.4 is 16.1 Å². The zero-order valence-electron chi connectivity index (χ0n) is 13.4. The third-order valence-electron chi connectivity index (χ3n) is 3.63. The monoisotopic (exact) mass is 338 g/mol. The predicted molar refractivity (Wildman–Crippen MR) is 94.0 cm³/mol. The summed E-state index contributed by atoms with van der Waals surface area (Å²) in [6.07, 6.45) is 2.08. The van der Waals surface area contributed by atoms with Crippen LogP contribution in [0.3, 0.4) is 0 Å². The van der Waals surface area contributed by atoms with Gasteiger partial charge in [0, 0.05) is 24.6 Å². The Labute approximate surface area is 142 Å². The van der Waals surface area contributed by atoms with Gasteiger partial charge in [-0.3, -0.25) is 9.59 Å². The summed E-state index contributed by atoms with van der Waals surface area (Å²) in [4.78, 5) is 22.9. The van der Waals surface area contributed by atoms with Crippen LogP contribution in [0.15, 0.2) is 29.4 Å². The summed E-state index contributed by atoms with van der Waals surface area (Å²) in [5.41, 5.74) is 5.04. The molecule has 6 nitrogen and oxygen atoms in total. The van der Waals surface area contributed by atoms with Gasteiger partial charge in [-0.05, 0) is 31.0 Å². The molecule has 0 saturated heterocycles. The van der Waals surface area contributed by atoms with Gasteiger partial charge in [0.2, 0.25) is 11.8 Å². The summed E-state index contributed by atoms with van der Waals surface area (Å²) in [6.45, 7) is 4.42. The number of hydrazone groups is 1. The minimum Gasteiger partial charge on any atom is -0.325 e. The van der Waals surface area contributed by atoms with Crippen LogP contribution >= 0.6 is 12.4 Å². The van der Waals surface area contributed by atoms with Crippen molar-refractivity contribution in [2.24, 2.45) is 5.10 Å². The molecule has 0 spiro atoms. The van der Waals surface area contributed by atoms with Crippen LogP contribution in [0.1, 0.15) is 38.7 Å². The van der Waals surface area contributed by atoms with E-state index in [0.29, 0.717) is 25.4 Å². The molecule has 1 aliphatic rings. The zero-order valence-corrected chi connectivity index (χ0v) is 14.2. The van der Waals surface area contributed by atoms with E-state index in [1.165, 1.54) is 0 Å². The van der Waals surface area contributed by atoms with E-state index in [4.69, 9.17) is 0 Å². The van der Waals surface area contributed by atoms with Crippen LogP contribution in [0.25, 0.3) is 0 Å². The fraction of sp³-hybridized carbons (Fsp3) is 0.438. The Bertz CT molecular complexity index is 572. The van der Waals surface area contributed by atoms with Crippen molar-refractivity contribution in [1.29, 1.82) is 0 Å². The predicted octanol–water partition coefficient (Wildman–Crippen LogP) is 2.05. The van der Waals surface area contributed by atoms with Crippen LogP contribution in [0.4, 0.5) is 5.69 Å². The molecule has 3 N–H and O–H groups in total. The molecule has 1 aliphatic heterocycles. The first-order valence-corrected chi connectivity index (χ1v) is 7.57. The van der Waals surface area contributed by atoms with Gasteiger partial charge in [0.05, 0.1) is 12.3 Å². The SMILES string of the molecule is CCC(C)NCC(=O)Nc1ccc(C2=NNC(=O)CC2)cc1.Cl. The van der Waals surface area contributed by atoms with Gasteiger partial charge in [-0.25, -0.2) is 5.43 Å². The van der Waals surface area contributed by atoms with Crippen molar-refractivity contribution in [3.8, 4) is 0 Å². The highest BCUT2D eigenvalue weighted by Gasteiger charge is 2.13. The first-order chi connectivity index (χ1) is 10.6. The largest absolute Gasteiger partial charge is 0.325 e. The number of hydrogen-bond acceptors (Lipinski definition) is 4. The highest BCUT2D eigenvalue weighted by molar-refractivity contribution is 6.04. The van der Waals surface area contributed by atoms with Crippen molar-refractivity contribution < 1.29 is 9.59 Å². The van der Waals surface area contributed by atoms with Gasteiger partial charge < -0.3 is 10.6 Å². The van der Waals surface area contributed by atoms with E-state index in [9.17, 15) is 9.59 Å². The van der Waals surface area contributed by atoms with Crippen LogP contribution in [-0.4, -0.2) is 30.1 Å². The van der Waals surface area contributed by atoms with E-state index in [1.807, 2.05) is 31.2 Å². The van der Waals surface area contributed by atoms with Crippen LogP contribution in [0.2, 0.25) is 0 Å². The van der Waals surface area contributed by atoms with Crippen LogP contribution in [0, 0.1) is 0 Å². The van der Waals surface area contributed by atoms with E-state index >= 15 is 0 Å². The van der Waals surface area contributed by atoms with Crippen molar-refractivity contribution in [3.63, 3.8) is 0 Å². The quantitative estimate of drug-likeness (QED) is 0.742. The van der Waals surface area contributed by atoms with Gasteiger partial charge >= 0.3 is 0 Å². The lowest BCUT2D eigenvalue weighted by Crippen LogP contribution is -2.33. The number of anilines is 1. The number of benzene rings is 1. The minimum absolute atomic E-state index is 0. The molecule has 1 heterocycles. The summed E-state index contributed by atoms with van der Waals surface area (Å²) in [7, 11) is 0. The maximum Gasteiger partial charge on any atom is 0.240 e. The lowest BCUT2D eigenvalue weighted by atomic mass is 10.0. The maximum atomic E-state index is 11.8. The first-order valence-electron chi connectivity index (χ1n) is 7.57. The average molecular weight is 339 g/mol. The number of hydrogen-bond donors (Lipinski definition) is 3. The third kappa shape index (κ3) is 6.00. The summed E-state index contributed by atoms with van der Waals surface area (Å²) >= 11 is 0. The molecule has 0 aliphatic carbocycles. The van der Waals surface area contributed by atoms with Crippen LogP contribution in [-0.2, 0) is 9.59 Å². The van der Waals surface area contributed by atoms with Gasteiger partial charge in [-0.15, -0.1) is 12.4 Å². The Morgan fingerprint density at radius 2 is 2.00 bits per heavy atom. The molecule has 2 amide bonds. The second kappa shape index (κ2) is 9.27. The van der Waals surface area contributed by atoms with E-state index in [-0.39, 0.29) is 24.2 Å². The standard InChI is InChI=1S/C16H22N4O2.ClH/c1-3-11(2)17-10-16(22)18-13-6-4-12(5-7-13)14-8-9-15(21)20-19-14;/h4-7,11,17H,3,8-10H2,1-2H3,(H,18,22)(H,20,21);1H. The number of nitrogens with one attached hydrogen (secondary N) is 3. The first kappa shape index (κ1) is 19.1. The van der Waals surface area contributed by atoms with E-state index in [2.05, 4.69) is 28.1 Å². The normalized spacial score (nSPS) is 15.0. The smallest absolute Gasteiger partial charge is 0.240 e. The van der Waals surface area contributed by atoms with E-state index < -0.39 is 0 Å². The number of amides is 2. The average Bonchev–Trinajstić information content (AvgIpc) is 2.54. The second-order valence-corrected chi connectivity index (χ2v) is 5.41. The Morgan fingerprint density at radius 3 is 2.57 bits per heavy atom. The lowest BCUT2D eigenvalue weighted by Gasteiger charge is -2.13. The molecule has 23 heavy (non-hydrogen) atoms. The van der Waals surface area contributed by atoms with Crippen molar-refractivity contribution >= 4 is 35.6 Å². The lowest BCUT2D eigenvalue weighted by molar-refractivity contribution is -0.121. The Kier molecular flexibility index (Phi) is 7.71. The number of halogens is 1. The Hall–Kier alpha value is -1.92. The van der Waals surface area contributed by atoms with Gasteiger partial charge in [-0.2, -0.15) is 5.10 Å². The van der Waals surface area contributed by atoms with Crippen molar-refractivity contribution in [2.45, 2.75) is 39.2 Å². The van der Waals surface area contributed by atoms with Gasteiger partial charge in [0.25, 0.3) is 0 Å². The van der Waals surface area contributed by atoms with Crippen molar-refractivity contribution in [1.82, 2.24) is 10.7 Å². The van der Waals surface area contributed by atoms with Crippen molar-refractivity contribution in [2.75, 3.05) is 11.9 Å². The molecule has 0 fully saturated rings. The maximum absolute atomic E-state index is 11.8. The molecule has 0 bridgehead atoms. The molecule has 0 aromatic heterocycles. The molecule has 2 rings (SSSR count). The summed E-state index contributed by atoms with van der Waals surface area (Å²) in [6, 6.07) is 7.81. The minimum atomic E-state index is -0.0599. The molecule has 1 aromatic carbocycles.